The molecule has 4 heterocycles. The maximum atomic E-state index is 12.5. The average Bonchev–Trinajstić information content (AvgIpc) is 3.25. The maximum Gasteiger partial charge on any atom is 0.223 e. The van der Waals surface area contributed by atoms with E-state index in [1.165, 1.54) is 10.4 Å². The number of amides is 1. The Hall–Kier alpha value is -2.48. The van der Waals surface area contributed by atoms with E-state index in [2.05, 4.69) is 38.5 Å². The number of aromatic nitrogens is 4. The predicted octanol–water partition coefficient (Wildman–Crippen LogP) is 2.08. The van der Waals surface area contributed by atoms with Crippen LogP contribution in [0.5, 0.6) is 0 Å². The first-order valence-corrected chi connectivity index (χ1v) is 9.73. The first-order chi connectivity index (χ1) is 12.6. The van der Waals surface area contributed by atoms with Gasteiger partial charge in [-0.05, 0) is 37.3 Å². The van der Waals surface area contributed by atoms with Crippen molar-refractivity contribution in [3.8, 4) is 0 Å². The lowest BCUT2D eigenvalue weighted by Crippen LogP contribution is -2.49. The van der Waals surface area contributed by atoms with Gasteiger partial charge in [-0.3, -0.25) is 9.20 Å². The largest absolute Gasteiger partial charge is 0.350 e. The van der Waals surface area contributed by atoms with E-state index in [9.17, 15) is 4.79 Å². The van der Waals surface area contributed by atoms with Crippen molar-refractivity contribution in [1.29, 1.82) is 0 Å². The van der Waals surface area contributed by atoms with E-state index in [4.69, 9.17) is 0 Å². The summed E-state index contributed by atoms with van der Waals surface area (Å²) in [6.45, 7) is 7.01. The number of fused-ring (bicyclic) bond motifs is 1. The van der Waals surface area contributed by atoms with Crippen LogP contribution in [0.3, 0.4) is 0 Å². The molecule has 0 atom stereocenters. The number of aryl methyl sites for hydroxylation is 3. The fourth-order valence-corrected chi connectivity index (χ4v) is 4.27. The normalized spacial score (nSPS) is 15.0. The van der Waals surface area contributed by atoms with Crippen LogP contribution in [0.4, 0.5) is 5.82 Å². The van der Waals surface area contributed by atoms with Crippen LogP contribution in [0, 0.1) is 13.8 Å². The summed E-state index contributed by atoms with van der Waals surface area (Å²) in [5.74, 6) is 1.93. The van der Waals surface area contributed by atoms with E-state index in [0.717, 1.165) is 49.9 Å². The van der Waals surface area contributed by atoms with Crippen LogP contribution in [-0.2, 0) is 11.2 Å². The highest BCUT2D eigenvalue weighted by Gasteiger charge is 2.24. The SMILES string of the molecule is Cc1ccsc1CCC(=O)N1CCN(c2nccn3c(C)nnc23)CC1. The van der Waals surface area contributed by atoms with Gasteiger partial charge in [-0.1, -0.05) is 0 Å². The Morgan fingerprint density at radius 3 is 2.73 bits per heavy atom. The van der Waals surface area contributed by atoms with Gasteiger partial charge >= 0.3 is 0 Å². The molecule has 3 aromatic rings. The molecule has 1 aliphatic rings. The molecule has 1 amide bonds. The molecular weight excluding hydrogens is 348 g/mol. The number of carbonyl (C=O) groups is 1. The van der Waals surface area contributed by atoms with Gasteiger partial charge in [-0.15, -0.1) is 21.5 Å². The molecule has 1 saturated heterocycles. The van der Waals surface area contributed by atoms with E-state index < -0.39 is 0 Å². The van der Waals surface area contributed by atoms with Crippen LogP contribution in [0.25, 0.3) is 5.65 Å². The Labute approximate surface area is 156 Å². The topological polar surface area (TPSA) is 66.6 Å². The van der Waals surface area contributed by atoms with Gasteiger partial charge in [0.25, 0.3) is 0 Å². The third-order valence-electron chi connectivity index (χ3n) is 4.94. The number of anilines is 1. The summed E-state index contributed by atoms with van der Waals surface area (Å²) in [6.07, 6.45) is 5.07. The third kappa shape index (κ3) is 3.16. The smallest absolute Gasteiger partial charge is 0.223 e. The number of thiophene rings is 1. The molecule has 0 N–H and O–H groups in total. The van der Waals surface area contributed by atoms with Gasteiger partial charge in [0.1, 0.15) is 5.82 Å². The van der Waals surface area contributed by atoms with E-state index in [1.807, 2.05) is 22.4 Å². The van der Waals surface area contributed by atoms with Crippen LogP contribution in [0.2, 0.25) is 0 Å². The molecule has 1 aliphatic heterocycles. The number of carbonyl (C=O) groups excluding carboxylic acids is 1. The molecule has 7 nitrogen and oxygen atoms in total. The molecule has 0 spiro atoms. The molecule has 0 saturated carbocycles. The second kappa shape index (κ2) is 7.03. The minimum Gasteiger partial charge on any atom is -0.350 e. The molecule has 0 unspecified atom stereocenters. The van der Waals surface area contributed by atoms with E-state index >= 15 is 0 Å². The van der Waals surface area contributed by atoms with Crippen LogP contribution < -0.4 is 4.90 Å². The zero-order valence-corrected chi connectivity index (χ0v) is 15.9. The van der Waals surface area contributed by atoms with Crippen LogP contribution in [0.15, 0.2) is 23.8 Å². The number of hydrogen-bond donors (Lipinski definition) is 0. The van der Waals surface area contributed by atoms with Gasteiger partial charge in [0, 0.05) is 49.9 Å². The molecule has 0 radical (unpaired) electrons. The second-order valence-corrected chi connectivity index (χ2v) is 7.59. The minimum absolute atomic E-state index is 0.238. The van der Waals surface area contributed by atoms with Crippen molar-refractivity contribution in [2.75, 3.05) is 31.1 Å². The van der Waals surface area contributed by atoms with Crippen LogP contribution in [-0.4, -0.2) is 56.6 Å². The Bertz CT molecular complexity index is 925. The highest BCUT2D eigenvalue weighted by Crippen LogP contribution is 2.21. The first-order valence-electron chi connectivity index (χ1n) is 8.85. The fraction of sp³-hybridized carbons (Fsp3) is 0.444. The molecular formula is C18H22N6OS. The molecule has 26 heavy (non-hydrogen) atoms. The van der Waals surface area contributed by atoms with Crippen molar-refractivity contribution < 1.29 is 4.79 Å². The number of rotatable bonds is 4. The summed E-state index contributed by atoms with van der Waals surface area (Å²) in [5.41, 5.74) is 2.06. The van der Waals surface area contributed by atoms with E-state index in [1.54, 1.807) is 17.5 Å². The Balaban J connectivity index is 1.37. The van der Waals surface area contributed by atoms with Gasteiger partial charge in [-0.2, -0.15) is 0 Å². The first kappa shape index (κ1) is 17.0. The van der Waals surface area contributed by atoms with Gasteiger partial charge in [0.05, 0.1) is 0 Å². The molecule has 0 aliphatic carbocycles. The molecule has 136 valence electrons. The monoisotopic (exact) mass is 370 g/mol. The second-order valence-electron chi connectivity index (χ2n) is 6.59. The molecule has 8 heteroatoms. The molecule has 0 bridgehead atoms. The van der Waals surface area contributed by atoms with Crippen molar-refractivity contribution in [3.63, 3.8) is 0 Å². The number of piperazine rings is 1. The summed E-state index contributed by atoms with van der Waals surface area (Å²) in [5, 5.41) is 10.5. The highest BCUT2D eigenvalue weighted by atomic mass is 32.1. The lowest BCUT2D eigenvalue weighted by molar-refractivity contribution is -0.131. The number of nitrogens with zero attached hydrogens (tertiary/aromatic N) is 6. The molecule has 3 aromatic heterocycles. The van der Waals surface area contributed by atoms with E-state index in [-0.39, 0.29) is 5.91 Å². The molecule has 4 rings (SSSR count). The maximum absolute atomic E-state index is 12.5. The summed E-state index contributed by atoms with van der Waals surface area (Å²) < 4.78 is 1.95. The Kier molecular flexibility index (Phi) is 4.58. The quantitative estimate of drug-likeness (QED) is 0.703. The fourth-order valence-electron chi connectivity index (χ4n) is 3.36. The van der Waals surface area contributed by atoms with Gasteiger partial charge in [-0.25, -0.2) is 4.98 Å². The molecule has 1 fully saturated rings. The lowest BCUT2D eigenvalue weighted by atomic mass is 10.2. The van der Waals surface area contributed by atoms with Crippen molar-refractivity contribution in [3.05, 3.63) is 40.1 Å². The highest BCUT2D eigenvalue weighted by molar-refractivity contribution is 7.10. The van der Waals surface area contributed by atoms with Crippen LogP contribution >= 0.6 is 11.3 Å². The standard InChI is InChI=1S/C18H22N6OS/c1-13-5-12-26-15(13)3-4-16(25)22-8-10-23(11-9-22)17-18-21-20-14(2)24(18)7-6-19-17/h5-7,12H,3-4,8-11H2,1-2H3. The zero-order chi connectivity index (χ0) is 18.1. The van der Waals surface area contributed by atoms with Gasteiger partial charge in [0.15, 0.2) is 5.82 Å². The summed E-state index contributed by atoms with van der Waals surface area (Å²) in [6, 6.07) is 2.11. The number of hydrogen-bond acceptors (Lipinski definition) is 6. The summed E-state index contributed by atoms with van der Waals surface area (Å²) in [4.78, 5) is 22.5. The van der Waals surface area contributed by atoms with Gasteiger partial charge < -0.3 is 9.80 Å². The third-order valence-corrected chi connectivity index (χ3v) is 6.03. The Morgan fingerprint density at radius 1 is 1.19 bits per heavy atom. The lowest BCUT2D eigenvalue weighted by Gasteiger charge is -2.35. The summed E-state index contributed by atoms with van der Waals surface area (Å²) >= 11 is 1.74. The zero-order valence-electron chi connectivity index (χ0n) is 15.1. The van der Waals surface area contributed by atoms with E-state index in [0.29, 0.717) is 6.42 Å². The molecule has 0 aromatic carbocycles. The average molecular weight is 370 g/mol. The predicted molar refractivity (Wildman–Crippen MR) is 102 cm³/mol. The minimum atomic E-state index is 0.238. The van der Waals surface area contributed by atoms with Crippen molar-refractivity contribution >= 4 is 28.7 Å². The van der Waals surface area contributed by atoms with Crippen molar-refractivity contribution in [1.82, 2.24) is 24.5 Å². The van der Waals surface area contributed by atoms with Crippen molar-refractivity contribution in [2.45, 2.75) is 26.7 Å². The van der Waals surface area contributed by atoms with Gasteiger partial charge in [0.2, 0.25) is 11.6 Å². The van der Waals surface area contributed by atoms with Crippen LogP contribution in [0.1, 0.15) is 22.7 Å². The van der Waals surface area contributed by atoms with Crippen molar-refractivity contribution in [2.24, 2.45) is 0 Å². The summed E-state index contributed by atoms with van der Waals surface area (Å²) in [7, 11) is 0. The Morgan fingerprint density at radius 2 is 2.00 bits per heavy atom.